The second kappa shape index (κ2) is 5.35. The second-order valence-electron chi connectivity index (χ2n) is 6.00. The Bertz CT molecular complexity index is 767. The van der Waals surface area contributed by atoms with Gasteiger partial charge < -0.3 is 10.7 Å². The summed E-state index contributed by atoms with van der Waals surface area (Å²) in [6.07, 6.45) is 0. The van der Waals surface area contributed by atoms with Crippen molar-refractivity contribution in [3.63, 3.8) is 0 Å². The van der Waals surface area contributed by atoms with E-state index < -0.39 is 0 Å². The zero-order valence-corrected chi connectivity index (χ0v) is 13.9. The van der Waals surface area contributed by atoms with Crippen molar-refractivity contribution in [2.24, 2.45) is 0 Å². The Kier molecular flexibility index (Phi) is 3.67. The van der Waals surface area contributed by atoms with Crippen molar-refractivity contribution >= 4 is 39.8 Å². The van der Waals surface area contributed by atoms with Gasteiger partial charge in [0.25, 0.3) is 0 Å². The van der Waals surface area contributed by atoms with Crippen LogP contribution in [0.3, 0.4) is 0 Å². The molecule has 0 atom stereocenters. The first-order valence-corrected chi connectivity index (χ1v) is 8.61. The summed E-state index contributed by atoms with van der Waals surface area (Å²) in [7, 11) is 0. The fourth-order valence-corrected chi connectivity index (χ4v) is 3.72. The molecule has 0 aliphatic rings. The van der Waals surface area contributed by atoms with Crippen LogP contribution < -0.4 is 5.73 Å². The summed E-state index contributed by atoms with van der Waals surface area (Å²) in [5.41, 5.74) is 9.67. The average molecular weight is 318 g/mol. The smallest absolute Gasteiger partial charge is 0.166 e. The van der Waals surface area contributed by atoms with Gasteiger partial charge in [0.15, 0.2) is 5.16 Å². The summed E-state index contributed by atoms with van der Waals surface area (Å²) in [5, 5.41) is 4.21. The van der Waals surface area contributed by atoms with E-state index >= 15 is 0 Å². The third-order valence-corrected chi connectivity index (χ3v) is 5.26. The first-order valence-electron chi connectivity index (χ1n) is 6.75. The van der Waals surface area contributed by atoms with Gasteiger partial charge >= 0.3 is 0 Å². The van der Waals surface area contributed by atoms with Crippen LogP contribution in [0.2, 0.25) is 0 Å². The van der Waals surface area contributed by atoms with Crippen LogP contribution in [0.1, 0.15) is 31.5 Å². The zero-order valence-electron chi connectivity index (χ0n) is 12.3. The molecule has 0 unspecified atom stereocenters. The van der Waals surface area contributed by atoms with Crippen molar-refractivity contribution in [1.29, 1.82) is 0 Å². The van der Waals surface area contributed by atoms with Crippen LogP contribution in [0.5, 0.6) is 0 Å². The van der Waals surface area contributed by atoms with Crippen molar-refractivity contribution < 1.29 is 0 Å². The fraction of sp³-hybridized carbons (Fsp3) is 0.333. The number of imidazole rings is 1. The molecule has 0 spiro atoms. The average Bonchev–Trinajstić information content (AvgIpc) is 3.01. The predicted octanol–water partition coefficient (Wildman–Crippen LogP) is 4.19. The van der Waals surface area contributed by atoms with Gasteiger partial charge in [-0.3, -0.25) is 0 Å². The number of rotatable bonds is 3. The van der Waals surface area contributed by atoms with E-state index in [0.29, 0.717) is 0 Å². The van der Waals surface area contributed by atoms with Crippen molar-refractivity contribution in [3.8, 4) is 0 Å². The monoisotopic (exact) mass is 318 g/mol. The van der Waals surface area contributed by atoms with E-state index in [1.165, 1.54) is 5.01 Å². The normalized spacial score (nSPS) is 12.1. The first kappa shape index (κ1) is 14.4. The molecule has 0 saturated carbocycles. The van der Waals surface area contributed by atoms with Crippen molar-refractivity contribution in [2.75, 3.05) is 5.73 Å². The number of H-pyrrole nitrogens is 1. The molecular weight excluding hydrogens is 300 g/mol. The third kappa shape index (κ3) is 3.22. The largest absolute Gasteiger partial charge is 0.399 e. The van der Waals surface area contributed by atoms with E-state index in [1.807, 2.05) is 18.2 Å². The minimum Gasteiger partial charge on any atom is -0.399 e. The highest BCUT2D eigenvalue weighted by Gasteiger charge is 2.18. The van der Waals surface area contributed by atoms with Crippen LogP contribution in [-0.2, 0) is 11.2 Å². The van der Waals surface area contributed by atoms with Gasteiger partial charge in [0.1, 0.15) is 0 Å². The number of thioether (sulfide) groups is 1. The number of thiazole rings is 1. The van der Waals surface area contributed by atoms with Crippen LogP contribution >= 0.6 is 23.1 Å². The molecule has 3 rings (SSSR count). The molecule has 3 aromatic rings. The van der Waals surface area contributed by atoms with Crippen molar-refractivity contribution in [1.82, 2.24) is 15.0 Å². The number of anilines is 1. The second-order valence-corrected chi connectivity index (χ2v) is 7.82. The number of nitrogens with zero attached hydrogens (tertiary/aromatic N) is 2. The molecule has 0 bridgehead atoms. The predicted molar refractivity (Wildman–Crippen MR) is 90.9 cm³/mol. The van der Waals surface area contributed by atoms with Crippen LogP contribution in [0.4, 0.5) is 5.69 Å². The Balaban J connectivity index is 1.73. The van der Waals surface area contributed by atoms with Gasteiger partial charge in [0, 0.05) is 22.2 Å². The standard InChI is InChI=1S/C15H18N4S2/c1-15(2,3)13-17-10(7-20-13)8-21-14-18-11-5-4-9(16)6-12(11)19-14/h4-7H,8,16H2,1-3H3,(H,18,19). The number of nitrogens with one attached hydrogen (secondary N) is 1. The van der Waals surface area contributed by atoms with Gasteiger partial charge in [0.05, 0.1) is 21.7 Å². The van der Waals surface area contributed by atoms with Crippen molar-refractivity contribution in [3.05, 3.63) is 34.3 Å². The number of hydrogen-bond acceptors (Lipinski definition) is 5. The number of fused-ring (bicyclic) bond motifs is 1. The maximum absolute atomic E-state index is 5.78. The molecule has 0 radical (unpaired) electrons. The molecule has 3 N–H and O–H groups in total. The summed E-state index contributed by atoms with van der Waals surface area (Å²) >= 11 is 3.39. The number of nitrogen functional groups attached to an aromatic ring is 1. The molecule has 0 amide bonds. The highest BCUT2D eigenvalue weighted by atomic mass is 32.2. The van der Waals surface area contributed by atoms with Gasteiger partial charge in [-0.15, -0.1) is 11.3 Å². The summed E-state index contributed by atoms with van der Waals surface area (Å²) in [4.78, 5) is 12.5. The van der Waals surface area contributed by atoms with E-state index in [1.54, 1.807) is 23.1 Å². The zero-order chi connectivity index (χ0) is 15.0. The fourth-order valence-electron chi connectivity index (χ4n) is 1.93. The van der Waals surface area contributed by atoms with Gasteiger partial charge in [-0.25, -0.2) is 9.97 Å². The van der Waals surface area contributed by atoms with Crippen LogP contribution in [-0.4, -0.2) is 15.0 Å². The minimum atomic E-state index is 0.116. The van der Waals surface area contributed by atoms with E-state index in [0.717, 1.165) is 33.3 Å². The number of hydrogen-bond donors (Lipinski definition) is 2. The Morgan fingerprint density at radius 2 is 2.10 bits per heavy atom. The summed E-state index contributed by atoms with van der Waals surface area (Å²) in [6, 6.07) is 5.71. The molecule has 0 saturated heterocycles. The molecule has 0 aliphatic carbocycles. The van der Waals surface area contributed by atoms with Gasteiger partial charge in [0.2, 0.25) is 0 Å². The summed E-state index contributed by atoms with van der Waals surface area (Å²) in [6.45, 7) is 6.56. The minimum absolute atomic E-state index is 0.116. The lowest BCUT2D eigenvalue weighted by Gasteiger charge is -2.13. The third-order valence-electron chi connectivity index (χ3n) is 3.03. The van der Waals surface area contributed by atoms with Gasteiger partial charge in [-0.05, 0) is 18.2 Å². The molecular formula is C15H18N4S2. The molecule has 2 heterocycles. The van der Waals surface area contributed by atoms with Crippen LogP contribution in [0.15, 0.2) is 28.7 Å². The Morgan fingerprint density at radius 1 is 1.29 bits per heavy atom. The molecule has 110 valence electrons. The van der Waals surface area contributed by atoms with Crippen LogP contribution in [0.25, 0.3) is 11.0 Å². The topological polar surface area (TPSA) is 67.6 Å². The molecule has 6 heteroatoms. The molecule has 4 nitrogen and oxygen atoms in total. The number of aromatic nitrogens is 3. The lowest BCUT2D eigenvalue weighted by Crippen LogP contribution is -2.10. The van der Waals surface area contributed by atoms with E-state index in [4.69, 9.17) is 10.7 Å². The van der Waals surface area contributed by atoms with Gasteiger partial charge in [-0.1, -0.05) is 32.5 Å². The Morgan fingerprint density at radius 3 is 2.81 bits per heavy atom. The molecule has 21 heavy (non-hydrogen) atoms. The summed E-state index contributed by atoms with van der Waals surface area (Å²) in [5.74, 6) is 0.821. The molecule has 2 aromatic heterocycles. The molecule has 0 aliphatic heterocycles. The highest BCUT2D eigenvalue weighted by Crippen LogP contribution is 2.29. The van der Waals surface area contributed by atoms with E-state index in [-0.39, 0.29) is 5.41 Å². The highest BCUT2D eigenvalue weighted by molar-refractivity contribution is 7.98. The Hall–Kier alpha value is -1.53. The summed E-state index contributed by atoms with van der Waals surface area (Å²) < 4.78 is 0. The van der Waals surface area contributed by atoms with Gasteiger partial charge in [-0.2, -0.15) is 0 Å². The quantitative estimate of drug-likeness (QED) is 0.561. The number of aromatic amines is 1. The lowest BCUT2D eigenvalue weighted by atomic mass is 9.98. The molecule has 1 aromatic carbocycles. The number of nitrogens with two attached hydrogens (primary N) is 1. The van der Waals surface area contributed by atoms with E-state index in [9.17, 15) is 0 Å². The Labute approximate surface area is 132 Å². The molecule has 0 fully saturated rings. The van der Waals surface area contributed by atoms with Crippen LogP contribution in [0, 0.1) is 0 Å². The SMILES string of the molecule is CC(C)(C)c1nc(CSc2nc3ccc(N)cc3[nH]2)cs1. The number of benzene rings is 1. The maximum atomic E-state index is 5.78. The maximum Gasteiger partial charge on any atom is 0.166 e. The van der Waals surface area contributed by atoms with E-state index in [2.05, 4.69) is 36.1 Å². The lowest BCUT2D eigenvalue weighted by molar-refractivity contribution is 0.584. The first-order chi connectivity index (χ1) is 9.91. The van der Waals surface area contributed by atoms with Crippen molar-refractivity contribution in [2.45, 2.75) is 37.1 Å².